The fourth-order valence-corrected chi connectivity index (χ4v) is 4.51. The van der Waals surface area contributed by atoms with Gasteiger partial charge >= 0.3 is 5.92 Å². The third-order valence-corrected chi connectivity index (χ3v) is 6.56. The lowest BCUT2D eigenvalue weighted by molar-refractivity contribution is -0.114. The fourth-order valence-electron chi connectivity index (χ4n) is 4.51. The van der Waals surface area contributed by atoms with E-state index < -0.39 is 11.7 Å². The van der Waals surface area contributed by atoms with E-state index in [9.17, 15) is 13.6 Å². The summed E-state index contributed by atoms with van der Waals surface area (Å²) in [4.78, 5) is 26.3. The molecule has 1 N–H and O–H groups in total. The van der Waals surface area contributed by atoms with Crippen LogP contribution >= 0.6 is 0 Å². The number of nitrogens with zero attached hydrogens (tertiary/aromatic N) is 6. The molecule has 1 aliphatic heterocycles. The van der Waals surface area contributed by atoms with Crippen molar-refractivity contribution in [2.75, 3.05) is 16.8 Å². The second kappa shape index (κ2) is 6.79. The van der Waals surface area contributed by atoms with E-state index in [0.29, 0.717) is 35.5 Å². The standard InChI is InChI=1S/C23H23F2N7O/c1-13(33)28-19-8-18-16(10-26-19)23(5-6-23)12-31(18)20-7-17(29-21(30-20)22(2,24)25)14-9-27-32(11-14)15-3-4-15/h7-11,15H,3-6,12H2,1-2H3,(H,26,28,33). The number of carbonyl (C=O) groups excluding carboxylic acids is 1. The maximum absolute atomic E-state index is 14.4. The van der Waals surface area contributed by atoms with Gasteiger partial charge in [0.2, 0.25) is 11.7 Å². The predicted molar refractivity (Wildman–Crippen MR) is 118 cm³/mol. The highest BCUT2D eigenvalue weighted by Gasteiger charge is 2.53. The van der Waals surface area contributed by atoms with Crippen LogP contribution in [0, 0.1) is 0 Å². The number of carbonyl (C=O) groups is 1. The molecule has 3 aliphatic rings. The summed E-state index contributed by atoms with van der Waals surface area (Å²) in [7, 11) is 0. The molecule has 2 saturated carbocycles. The number of amides is 1. The van der Waals surface area contributed by atoms with Crippen LogP contribution in [0.2, 0.25) is 0 Å². The van der Waals surface area contributed by atoms with E-state index in [1.807, 2.05) is 15.8 Å². The van der Waals surface area contributed by atoms with E-state index in [-0.39, 0.29) is 11.3 Å². The third-order valence-electron chi connectivity index (χ3n) is 6.56. The van der Waals surface area contributed by atoms with Gasteiger partial charge in [0, 0.05) is 61.5 Å². The lowest BCUT2D eigenvalue weighted by Gasteiger charge is -2.21. The Morgan fingerprint density at radius 1 is 1.21 bits per heavy atom. The lowest BCUT2D eigenvalue weighted by Crippen LogP contribution is -2.22. The number of halogens is 2. The van der Waals surface area contributed by atoms with E-state index >= 15 is 0 Å². The molecule has 1 amide bonds. The van der Waals surface area contributed by atoms with Gasteiger partial charge < -0.3 is 10.2 Å². The summed E-state index contributed by atoms with van der Waals surface area (Å²) in [5.41, 5.74) is 2.94. The Labute approximate surface area is 189 Å². The number of anilines is 3. The van der Waals surface area contributed by atoms with Crippen molar-refractivity contribution in [3.05, 3.63) is 42.1 Å². The highest BCUT2D eigenvalue weighted by Crippen LogP contribution is 2.58. The molecule has 0 atom stereocenters. The number of nitrogens with one attached hydrogen (secondary N) is 1. The van der Waals surface area contributed by atoms with Crippen LogP contribution in [0.1, 0.15) is 57.0 Å². The van der Waals surface area contributed by atoms with Crippen LogP contribution in [-0.2, 0) is 16.1 Å². The van der Waals surface area contributed by atoms with Gasteiger partial charge in [-0.05, 0) is 25.7 Å². The molecule has 8 nitrogen and oxygen atoms in total. The normalized spacial score (nSPS) is 18.5. The Bertz CT molecular complexity index is 1270. The number of fused-ring (bicyclic) bond motifs is 2. The molecule has 6 rings (SSSR count). The summed E-state index contributed by atoms with van der Waals surface area (Å²) in [5.74, 6) is -3.12. The van der Waals surface area contributed by atoms with E-state index in [0.717, 1.165) is 43.9 Å². The highest BCUT2D eigenvalue weighted by atomic mass is 19.3. The quantitative estimate of drug-likeness (QED) is 0.621. The third kappa shape index (κ3) is 3.53. The largest absolute Gasteiger partial charge is 0.325 e. The monoisotopic (exact) mass is 451 g/mol. The van der Waals surface area contributed by atoms with Crippen molar-refractivity contribution >= 4 is 23.2 Å². The molecule has 0 aromatic carbocycles. The minimum absolute atomic E-state index is 0.0477. The van der Waals surface area contributed by atoms with Crippen LogP contribution in [0.4, 0.5) is 26.1 Å². The van der Waals surface area contributed by atoms with Crippen molar-refractivity contribution in [3.63, 3.8) is 0 Å². The van der Waals surface area contributed by atoms with Crippen molar-refractivity contribution in [2.24, 2.45) is 0 Å². The highest BCUT2D eigenvalue weighted by molar-refractivity contribution is 5.89. The van der Waals surface area contributed by atoms with Crippen molar-refractivity contribution in [1.82, 2.24) is 24.7 Å². The number of pyridine rings is 1. The summed E-state index contributed by atoms with van der Waals surface area (Å²) in [5, 5.41) is 7.09. The Morgan fingerprint density at radius 3 is 2.67 bits per heavy atom. The molecule has 170 valence electrons. The molecule has 1 spiro atoms. The predicted octanol–water partition coefficient (Wildman–Crippen LogP) is 4.32. The summed E-state index contributed by atoms with van der Waals surface area (Å²) in [6, 6.07) is 3.92. The van der Waals surface area contributed by atoms with Crippen LogP contribution in [0.25, 0.3) is 11.3 Å². The van der Waals surface area contributed by atoms with Crippen molar-refractivity contribution < 1.29 is 13.6 Å². The Hall–Kier alpha value is -3.43. The van der Waals surface area contributed by atoms with Gasteiger partial charge in [-0.25, -0.2) is 15.0 Å². The topological polar surface area (TPSA) is 88.8 Å². The SMILES string of the molecule is CC(=O)Nc1cc2c(cn1)C1(CC1)CN2c1cc(-c2cnn(C3CC3)c2)nc(C(C)(F)F)n1. The molecule has 2 fully saturated rings. The Kier molecular flexibility index (Phi) is 4.15. The van der Waals surface area contributed by atoms with E-state index in [2.05, 4.69) is 25.4 Å². The summed E-state index contributed by atoms with van der Waals surface area (Å²) < 4.78 is 30.7. The van der Waals surface area contributed by atoms with Crippen LogP contribution in [0.5, 0.6) is 0 Å². The first-order chi connectivity index (χ1) is 15.7. The molecule has 0 radical (unpaired) electrons. The molecule has 4 heterocycles. The zero-order valence-electron chi connectivity index (χ0n) is 18.3. The molecule has 0 saturated heterocycles. The van der Waals surface area contributed by atoms with Gasteiger partial charge in [-0.1, -0.05) is 0 Å². The van der Waals surface area contributed by atoms with Crippen molar-refractivity contribution in [3.8, 4) is 11.3 Å². The fraction of sp³-hybridized carbons (Fsp3) is 0.435. The maximum atomic E-state index is 14.4. The van der Waals surface area contributed by atoms with E-state index in [1.54, 1.807) is 24.5 Å². The molecular formula is C23H23F2N7O. The van der Waals surface area contributed by atoms with Crippen LogP contribution in [0.15, 0.2) is 30.7 Å². The van der Waals surface area contributed by atoms with Crippen molar-refractivity contribution in [1.29, 1.82) is 0 Å². The maximum Gasteiger partial charge on any atom is 0.303 e. The Balaban J connectivity index is 1.46. The average molecular weight is 451 g/mol. The zero-order chi connectivity index (χ0) is 23.0. The first-order valence-corrected chi connectivity index (χ1v) is 11.1. The second-order valence-electron chi connectivity index (χ2n) is 9.40. The molecule has 3 aromatic rings. The number of hydrogen-bond donors (Lipinski definition) is 1. The zero-order valence-corrected chi connectivity index (χ0v) is 18.3. The number of alkyl halides is 2. The molecule has 33 heavy (non-hydrogen) atoms. The molecule has 2 aliphatic carbocycles. The van der Waals surface area contributed by atoms with Gasteiger partial charge in [0.1, 0.15) is 11.6 Å². The summed E-state index contributed by atoms with van der Waals surface area (Å²) in [6.07, 6.45) is 9.46. The smallest absolute Gasteiger partial charge is 0.303 e. The van der Waals surface area contributed by atoms with Gasteiger partial charge in [0.15, 0.2) is 0 Å². The number of rotatable bonds is 5. The summed E-state index contributed by atoms with van der Waals surface area (Å²) >= 11 is 0. The average Bonchev–Trinajstić information content (AvgIpc) is 3.67. The van der Waals surface area contributed by atoms with Gasteiger partial charge in [-0.2, -0.15) is 13.9 Å². The van der Waals surface area contributed by atoms with E-state index in [1.165, 1.54) is 6.92 Å². The second-order valence-corrected chi connectivity index (χ2v) is 9.40. The van der Waals surface area contributed by atoms with Gasteiger partial charge in [-0.3, -0.25) is 9.48 Å². The molecule has 10 heteroatoms. The first kappa shape index (κ1) is 20.2. The van der Waals surface area contributed by atoms with Crippen LogP contribution < -0.4 is 10.2 Å². The molecule has 0 bridgehead atoms. The minimum atomic E-state index is -3.20. The molecular weight excluding hydrogens is 428 g/mol. The van der Waals surface area contributed by atoms with Gasteiger partial charge in [-0.15, -0.1) is 0 Å². The molecule has 3 aromatic heterocycles. The van der Waals surface area contributed by atoms with Crippen LogP contribution in [-0.4, -0.2) is 37.2 Å². The number of aromatic nitrogens is 5. The summed E-state index contributed by atoms with van der Waals surface area (Å²) in [6.45, 7) is 2.85. The Morgan fingerprint density at radius 2 is 2.00 bits per heavy atom. The van der Waals surface area contributed by atoms with E-state index in [4.69, 9.17) is 0 Å². The molecule has 0 unspecified atom stereocenters. The van der Waals surface area contributed by atoms with Gasteiger partial charge in [0.25, 0.3) is 0 Å². The lowest BCUT2D eigenvalue weighted by atomic mass is 10.0. The van der Waals surface area contributed by atoms with Gasteiger partial charge in [0.05, 0.1) is 23.6 Å². The van der Waals surface area contributed by atoms with Crippen molar-refractivity contribution in [2.45, 2.75) is 56.9 Å². The van der Waals surface area contributed by atoms with Crippen LogP contribution in [0.3, 0.4) is 0 Å². The minimum Gasteiger partial charge on any atom is -0.325 e. The number of hydrogen-bond acceptors (Lipinski definition) is 6. The first-order valence-electron chi connectivity index (χ1n) is 11.1.